The summed E-state index contributed by atoms with van der Waals surface area (Å²) in [6.07, 6.45) is 1.25. The molecule has 29 heavy (non-hydrogen) atoms. The third kappa shape index (κ3) is 5.03. The minimum absolute atomic E-state index is 0.322. The van der Waals surface area contributed by atoms with E-state index in [0.29, 0.717) is 5.75 Å². The van der Waals surface area contributed by atoms with Gasteiger partial charge in [0.15, 0.2) is 5.60 Å². The SMILES string of the molecule is Cc1cc(CN2CCN(c3ccc(F)cn3)CC2)cc(C)c1OC(C)(C)C(=O)O. The van der Waals surface area contributed by atoms with Crippen molar-refractivity contribution in [3.8, 4) is 5.75 Å². The van der Waals surface area contributed by atoms with Crippen molar-refractivity contribution in [1.29, 1.82) is 0 Å². The molecular formula is C22H28FN3O3. The number of ether oxygens (including phenoxy) is 1. The molecule has 0 aliphatic carbocycles. The van der Waals surface area contributed by atoms with Crippen LogP contribution >= 0.6 is 0 Å². The Morgan fingerprint density at radius 3 is 2.31 bits per heavy atom. The van der Waals surface area contributed by atoms with E-state index in [1.165, 1.54) is 17.8 Å². The summed E-state index contributed by atoms with van der Waals surface area (Å²) in [5, 5.41) is 9.31. The van der Waals surface area contributed by atoms with Crippen molar-refractivity contribution < 1.29 is 19.0 Å². The maximum atomic E-state index is 13.1. The molecule has 1 N–H and O–H groups in total. The smallest absolute Gasteiger partial charge is 0.347 e. The molecule has 3 rings (SSSR count). The highest BCUT2D eigenvalue weighted by molar-refractivity contribution is 5.77. The summed E-state index contributed by atoms with van der Waals surface area (Å²) in [5.74, 6) is 0.125. The third-order valence-corrected chi connectivity index (χ3v) is 5.21. The molecule has 1 aliphatic rings. The van der Waals surface area contributed by atoms with Gasteiger partial charge in [0, 0.05) is 32.7 Å². The Bertz CT molecular complexity index is 852. The first-order chi connectivity index (χ1) is 13.7. The lowest BCUT2D eigenvalue weighted by Gasteiger charge is -2.35. The van der Waals surface area contributed by atoms with Crippen LogP contribution in [0.1, 0.15) is 30.5 Å². The monoisotopic (exact) mass is 401 g/mol. The Labute approximate surface area is 170 Å². The number of aromatic nitrogens is 1. The number of rotatable bonds is 6. The molecule has 0 amide bonds. The summed E-state index contributed by atoms with van der Waals surface area (Å²) in [4.78, 5) is 20.1. The number of aliphatic carboxylic acids is 1. The van der Waals surface area contributed by atoms with E-state index in [4.69, 9.17) is 4.74 Å². The predicted octanol–water partition coefficient (Wildman–Crippen LogP) is 3.40. The van der Waals surface area contributed by atoms with Gasteiger partial charge in [-0.05, 0) is 56.5 Å². The summed E-state index contributed by atoms with van der Waals surface area (Å²) in [5.41, 5.74) is 1.77. The molecule has 0 unspecified atom stereocenters. The molecule has 1 aromatic carbocycles. The topological polar surface area (TPSA) is 65.9 Å². The maximum Gasteiger partial charge on any atom is 0.347 e. The largest absolute Gasteiger partial charge is 0.478 e. The van der Waals surface area contributed by atoms with Crippen LogP contribution in [0, 0.1) is 19.7 Å². The predicted molar refractivity (Wildman–Crippen MR) is 110 cm³/mol. The number of piperazine rings is 1. The van der Waals surface area contributed by atoms with E-state index in [9.17, 15) is 14.3 Å². The lowest BCUT2D eigenvalue weighted by molar-refractivity contribution is -0.152. The molecule has 0 atom stereocenters. The fourth-order valence-electron chi connectivity index (χ4n) is 3.54. The number of aryl methyl sites for hydroxylation is 2. The third-order valence-electron chi connectivity index (χ3n) is 5.21. The van der Waals surface area contributed by atoms with Crippen LogP contribution in [-0.2, 0) is 11.3 Å². The molecule has 156 valence electrons. The maximum absolute atomic E-state index is 13.1. The van der Waals surface area contributed by atoms with Gasteiger partial charge < -0.3 is 14.7 Å². The van der Waals surface area contributed by atoms with Gasteiger partial charge in [0.25, 0.3) is 0 Å². The number of pyridine rings is 1. The van der Waals surface area contributed by atoms with Gasteiger partial charge in [-0.1, -0.05) is 12.1 Å². The molecule has 2 aromatic rings. The van der Waals surface area contributed by atoms with Gasteiger partial charge in [0.2, 0.25) is 0 Å². The zero-order valence-corrected chi connectivity index (χ0v) is 17.4. The van der Waals surface area contributed by atoms with E-state index in [-0.39, 0.29) is 5.82 Å². The number of anilines is 1. The van der Waals surface area contributed by atoms with E-state index >= 15 is 0 Å². The van der Waals surface area contributed by atoms with Gasteiger partial charge in [-0.3, -0.25) is 4.90 Å². The molecule has 6 nitrogen and oxygen atoms in total. The van der Waals surface area contributed by atoms with Crippen molar-refractivity contribution >= 4 is 11.8 Å². The Morgan fingerprint density at radius 2 is 1.79 bits per heavy atom. The van der Waals surface area contributed by atoms with Gasteiger partial charge >= 0.3 is 5.97 Å². The van der Waals surface area contributed by atoms with Gasteiger partial charge in [0.1, 0.15) is 17.4 Å². The Hall–Kier alpha value is -2.67. The number of carboxylic acids is 1. The van der Waals surface area contributed by atoms with E-state index < -0.39 is 11.6 Å². The summed E-state index contributed by atoms with van der Waals surface area (Å²) in [6, 6.07) is 7.28. The van der Waals surface area contributed by atoms with E-state index in [0.717, 1.165) is 49.7 Å². The lowest BCUT2D eigenvalue weighted by Crippen LogP contribution is -2.46. The average molecular weight is 401 g/mol. The highest BCUT2D eigenvalue weighted by Crippen LogP contribution is 2.29. The van der Waals surface area contributed by atoms with Crippen molar-refractivity contribution in [1.82, 2.24) is 9.88 Å². The molecule has 0 radical (unpaired) electrons. The van der Waals surface area contributed by atoms with Gasteiger partial charge in [-0.25, -0.2) is 14.2 Å². The summed E-state index contributed by atoms with van der Waals surface area (Å²) in [6.45, 7) is 11.3. The van der Waals surface area contributed by atoms with Crippen LogP contribution in [0.4, 0.5) is 10.2 Å². The van der Waals surface area contributed by atoms with E-state index in [2.05, 4.69) is 26.9 Å². The first-order valence-corrected chi connectivity index (χ1v) is 9.77. The molecule has 1 aromatic heterocycles. The molecule has 0 bridgehead atoms. The van der Waals surface area contributed by atoms with Crippen molar-refractivity contribution in [3.05, 3.63) is 53.0 Å². The number of nitrogens with zero attached hydrogens (tertiary/aromatic N) is 3. The Balaban J connectivity index is 1.63. The second-order valence-corrected chi connectivity index (χ2v) is 8.07. The van der Waals surface area contributed by atoms with E-state index in [1.54, 1.807) is 19.9 Å². The van der Waals surface area contributed by atoms with E-state index in [1.807, 2.05) is 13.8 Å². The first-order valence-electron chi connectivity index (χ1n) is 9.77. The van der Waals surface area contributed by atoms with Gasteiger partial charge in [0.05, 0.1) is 6.20 Å². The molecule has 1 aliphatic heterocycles. The number of carboxylic acid groups (broad SMARTS) is 1. The van der Waals surface area contributed by atoms with Crippen LogP contribution in [0.2, 0.25) is 0 Å². The fraction of sp³-hybridized carbons (Fsp3) is 0.455. The Morgan fingerprint density at radius 1 is 1.17 bits per heavy atom. The quantitative estimate of drug-likeness (QED) is 0.800. The fourth-order valence-corrected chi connectivity index (χ4v) is 3.54. The first kappa shape index (κ1) is 21.0. The highest BCUT2D eigenvalue weighted by Gasteiger charge is 2.30. The van der Waals surface area contributed by atoms with Crippen LogP contribution in [0.15, 0.2) is 30.5 Å². The number of halogens is 1. The average Bonchev–Trinajstić information content (AvgIpc) is 2.66. The van der Waals surface area contributed by atoms with Crippen LogP contribution in [0.3, 0.4) is 0 Å². The summed E-state index contributed by atoms with van der Waals surface area (Å²) in [7, 11) is 0. The number of benzene rings is 1. The normalized spacial score (nSPS) is 15.4. The van der Waals surface area contributed by atoms with Crippen molar-refractivity contribution in [2.45, 2.75) is 39.8 Å². The van der Waals surface area contributed by atoms with Crippen molar-refractivity contribution in [2.24, 2.45) is 0 Å². The number of carbonyl (C=O) groups is 1. The highest BCUT2D eigenvalue weighted by atomic mass is 19.1. The number of hydrogen-bond donors (Lipinski definition) is 1. The number of hydrogen-bond acceptors (Lipinski definition) is 5. The zero-order valence-electron chi connectivity index (χ0n) is 17.4. The standard InChI is InChI=1S/C22H28FN3O3/c1-15-11-17(12-16(2)20(15)29-22(3,4)21(27)28)14-25-7-9-26(10-8-25)19-6-5-18(23)13-24-19/h5-6,11-13H,7-10,14H2,1-4H3,(H,27,28). The van der Waals surface area contributed by atoms with Crippen LogP contribution in [0.5, 0.6) is 5.75 Å². The lowest BCUT2D eigenvalue weighted by atomic mass is 10.0. The van der Waals surface area contributed by atoms with Crippen molar-refractivity contribution in [3.63, 3.8) is 0 Å². The minimum Gasteiger partial charge on any atom is -0.478 e. The van der Waals surface area contributed by atoms with Gasteiger partial charge in [-0.15, -0.1) is 0 Å². The molecule has 1 saturated heterocycles. The minimum atomic E-state index is -1.28. The van der Waals surface area contributed by atoms with Crippen LogP contribution < -0.4 is 9.64 Å². The molecule has 0 saturated carbocycles. The molecule has 1 fully saturated rings. The van der Waals surface area contributed by atoms with Crippen LogP contribution in [0.25, 0.3) is 0 Å². The summed E-state index contributed by atoms with van der Waals surface area (Å²) < 4.78 is 18.8. The van der Waals surface area contributed by atoms with Gasteiger partial charge in [-0.2, -0.15) is 0 Å². The van der Waals surface area contributed by atoms with Crippen LogP contribution in [-0.4, -0.2) is 52.7 Å². The summed E-state index contributed by atoms with van der Waals surface area (Å²) >= 11 is 0. The molecule has 7 heteroatoms. The molecule has 2 heterocycles. The Kier molecular flexibility index (Phi) is 6.07. The second-order valence-electron chi connectivity index (χ2n) is 8.07. The van der Waals surface area contributed by atoms with Crippen molar-refractivity contribution in [2.75, 3.05) is 31.1 Å². The molecule has 0 spiro atoms. The molecular weight excluding hydrogens is 373 g/mol. The zero-order chi connectivity index (χ0) is 21.2. The second kappa shape index (κ2) is 8.37.